The van der Waals surface area contributed by atoms with E-state index in [4.69, 9.17) is 35.4 Å². The van der Waals surface area contributed by atoms with Crippen molar-refractivity contribution in [2.45, 2.75) is 0 Å². The van der Waals surface area contributed by atoms with E-state index in [-0.39, 0.29) is 10.9 Å². The van der Waals surface area contributed by atoms with E-state index < -0.39 is 5.91 Å². The van der Waals surface area contributed by atoms with Crippen LogP contribution < -0.4 is 10.6 Å². The van der Waals surface area contributed by atoms with Gasteiger partial charge in [0.1, 0.15) is 5.82 Å². The summed E-state index contributed by atoms with van der Waals surface area (Å²) in [5, 5.41) is 6.07. The fraction of sp³-hybridized carbons (Fsp3) is 0. The molecule has 2 N–H and O–H groups in total. The van der Waals surface area contributed by atoms with Crippen molar-refractivity contribution in [3.8, 4) is 0 Å². The highest BCUT2D eigenvalue weighted by atomic mass is 35.5. The molecule has 23 heavy (non-hydrogen) atoms. The first kappa shape index (κ1) is 17.4. The van der Waals surface area contributed by atoms with Gasteiger partial charge in [-0.05, 0) is 48.1 Å². The molecular formula is C16H11Cl2FN2OS. The van der Waals surface area contributed by atoms with Gasteiger partial charge in [0, 0.05) is 6.08 Å². The van der Waals surface area contributed by atoms with Crippen LogP contribution in [0.3, 0.4) is 0 Å². The molecule has 2 aromatic carbocycles. The maximum absolute atomic E-state index is 12.8. The molecule has 2 aromatic rings. The van der Waals surface area contributed by atoms with Gasteiger partial charge in [-0.2, -0.15) is 0 Å². The molecule has 0 unspecified atom stereocenters. The van der Waals surface area contributed by atoms with E-state index >= 15 is 0 Å². The smallest absolute Gasteiger partial charge is 0.250 e. The summed E-state index contributed by atoms with van der Waals surface area (Å²) in [6.07, 6.45) is 2.83. The molecule has 0 saturated carbocycles. The minimum absolute atomic E-state index is 0.0637. The number of amides is 1. The summed E-state index contributed by atoms with van der Waals surface area (Å²) in [7, 11) is 0. The van der Waals surface area contributed by atoms with Crippen LogP contribution in [0.2, 0.25) is 10.0 Å². The van der Waals surface area contributed by atoms with Crippen LogP contribution in [0.15, 0.2) is 48.5 Å². The molecule has 0 heterocycles. The van der Waals surface area contributed by atoms with Gasteiger partial charge in [-0.1, -0.05) is 41.4 Å². The summed E-state index contributed by atoms with van der Waals surface area (Å²) in [5.74, 6) is -0.774. The van der Waals surface area contributed by atoms with Gasteiger partial charge in [0.05, 0.1) is 15.7 Å². The lowest BCUT2D eigenvalue weighted by atomic mass is 10.2. The molecule has 0 radical (unpaired) electrons. The normalized spacial score (nSPS) is 10.6. The monoisotopic (exact) mass is 368 g/mol. The number of carbonyl (C=O) groups is 1. The predicted molar refractivity (Wildman–Crippen MR) is 96.3 cm³/mol. The Bertz CT molecular complexity index is 743. The lowest BCUT2D eigenvalue weighted by molar-refractivity contribution is -0.115. The zero-order valence-electron chi connectivity index (χ0n) is 11.6. The van der Waals surface area contributed by atoms with Crippen LogP contribution in [0.25, 0.3) is 6.08 Å². The Labute approximate surface area is 148 Å². The molecule has 2 rings (SSSR count). The van der Waals surface area contributed by atoms with Crippen LogP contribution in [-0.2, 0) is 4.79 Å². The maximum Gasteiger partial charge on any atom is 0.250 e. The molecule has 0 spiro atoms. The van der Waals surface area contributed by atoms with Crippen LogP contribution in [-0.4, -0.2) is 11.0 Å². The van der Waals surface area contributed by atoms with Gasteiger partial charge < -0.3 is 5.32 Å². The third kappa shape index (κ3) is 5.32. The molecule has 7 heteroatoms. The van der Waals surface area contributed by atoms with Crippen molar-refractivity contribution in [1.29, 1.82) is 0 Å². The Balaban J connectivity index is 1.95. The lowest BCUT2D eigenvalue weighted by Crippen LogP contribution is -2.33. The highest BCUT2D eigenvalue weighted by molar-refractivity contribution is 7.80. The summed E-state index contributed by atoms with van der Waals surface area (Å²) < 4.78 is 12.8. The van der Waals surface area contributed by atoms with E-state index in [1.807, 2.05) is 0 Å². The zero-order chi connectivity index (χ0) is 16.8. The Morgan fingerprint density at radius 2 is 1.70 bits per heavy atom. The van der Waals surface area contributed by atoms with Crippen LogP contribution in [0, 0.1) is 5.82 Å². The number of nitrogens with one attached hydrogen (secondary N) is 2. The fourth-order valence-corrected chi connectivity index (χ4v) is 2.36. The second kappa shape index (κ2) is 8.06. The van der Waals surface area contributed by atoms with Crippen LogP contribution >= 0.6 is 35.4 Å². The highest BCUT2D eigenvalue weighted by Gasteiger charge is 2.08. The van der Waals surface area contributed by atoms with Crippen molar-refractivity contribution in [3.05, 3.63) is 70.0 Å². The van der Waals surface area contributed by atoms with Crippen molar-refractivity contribution in [2.75, 3.05) is 5.32 Å². The molecule has 0 aromatic heterocycles. The average Bonchev–Trinajstić information content (AvgIpc) is 2.50. The van der Waals surface area contributed by atoms with E-state index in [0.29, 0.717) is 21.3 Å². The Kier molecular flexibility index (Phi) is 6.10. The first-order valence-electron chi connectivity index (χ1n) is 6.45. The molecule has 0 fully saturated rings. The molecule has 0 aliphatic rings. The molecular weight excluding hydrogens is 358 g/mol. The topological polar surface area (TPSA) is 41.1 Å². The summed E-state index contributed by atoms with van der Waals surface area (Å²) in [6.45, 7) is 0. The maximum atomic E-state index is 12.8. The molecule has 1 amide bonds. The van der Waals surface area contributed by atoms with Gasteiger partial charge in [0.25, 0.3) is 0 Å². The van der Waals surface area contributed by atoms with Crippen molar-refractivity contribution in [3.63, 3.8) is 0 Å². The Hall–Kier alpha value is -1.95. The van der Waals surface area contributed by atoms with E-state index in [2.05, 4.69) is 10.6 Å². The lowest BCUT2D eigenvalue weighted by Gasteiger charge is -2.11. The number of rotatable bonds is 3. The van der Waals surface area contributed by atoms with Crippen molar-refractivity contribution >= 4 is 58.2 Å². The molecule has 0 atom stereocenters. The number of para-hydroxylation sites is 1. The second-order valence-corrected chi connectivity index (χ2v) is 5.65. The fourth-order valence-electron chi connectivity index (χ4n) is 1.66. The second-order valence-electron chi connectivity index (χ2n) is 4.42. The summed E-state index contributed by atoms with van der Waals surface area (Å²) in [6, 6.07) is 10.7. The first-order chi connectivity index (χ1) is 11.0. The third-order valence-corrected chi connectivity index (χ3v) is 3.57. The SMILES string of the molecule is O=C(/C=C/c1ccc(F)cc1)NC(=S)Nc1c(Cl)cccc1Cl. The van der Waals surface area contributed by atoms with Gasteiger partial charge in [-0.15, -0.1) is 0 Å². The molecule has 0 aliphatic carbocycles. The minimum atomic E-state index is -0.435. The molecule has 118 valence electrons. The summed E-state index contributed by atoms with van der Waals surface area (Å²) in [5.41, 5.74) is 1.11. The number of hydrogen-bond acceptors (Lipinski definition) is 2. The number of anilines is 1. The Morgan fingerprint density at radius 1 is 1.09 bits per heavy atom. The van der Waals surface area contributed by atoms with E-state index in [0.717, 1.165) is 0 Å². The molecule has 0 saturated heterocycles. The molecule has 3 nitrogen and oxygen atoms in total. The largest absolute Gasteiger partial charge is 0.330 e. The van der Waals surface area contributed by atoms with Gasteiger partial charge in [-0.3, -0.25) is 10.1 Å². The van der Waals surface area contributed by atoms with Gasteiger partial charge in [0.2, 0.25) is 5.91 Å². The summed E-state index contributed by atoms with van der Waals surface area (Å²) >= 11 is 17.0. The quantitative estimate of drug-likeness (QED) is 0.611. The standard InChI is InChI=1S/C16H11Cl2FN2OS/c17-12-2-1-3-13(18)15(12)21-16(23)20-14(22)9-6-10-4-7-11(19)8-5-10/h1-9H,(H2,20,21,22,23)/b9-6+. The van der Waals surface area contributed by atoms with Crippen molar-refractivity contribution < 1.29 is 9.18 Å². The van der Waals surface area contributed by atoms with Crippen LogP contribution in [0.5, 0.6) is 0 Å². The van der Waals surface area contributed by atoms with Gasteiger partial charge in [-0.25, -0.2) is 4.39 Å². The van der Waals surface area contributed by atoms with Gasteiger partial charge >= 0.3 is 0 Å². The van der Waals surface area contributed by atoms with Crippen LogP contribution in [0.1, 0.15) is 5.56 Å². The van der Waals surface area contributed by atoms with Crippen molar-refractivity contribution in [1.82, 2.24) is 5.32 Å². The molecule has 0 bridgehead atoms. The van der Waals surface area contributed by atoms with Crippen LogP contribution in [0.4, 0.5) is 10.1 Å². The number of hydrogen-bond donors (Lipinski definition) is 2. The molecule has 0 aliphatic heterocycles. The Morgan fingerprint density at radius 3 is 2.30 bits per heavy atom. The number of carbonyl (C=O) groups excluding carboxylic acids is 1. The predicted octanol–water partition coefficient (Wildman–Crippen LogP) is 4.66. The number of halogens is 3. The highest BCUT2D eigenvalue weighted by Crippen LogP contribution is 2.29. The summed E-state index contributed by atoms with van der Waals surface area (Å²) in [4.78, 5) is 11.8. The average molecular weight is 369 g/mol. The van der Waals surface area contributed by atoms with E-state index in [9.17, 15) is 9.18 Å². The number of benzene rings is 2. The van der Waals surface area contributed by atoms with Crippen molar-refractivity contribution in [2.24, 2.45) is 0 Å². The van der Waals surface area contributed by atoms with Gasteiger partial charge in [0.15, 0.2) is 5.11 Å². The first-order valence-corrected chi connectivity index (χ1v) is 7.62. The number of thiocarbonyl (C=S) groups is 1. The zero-order valence-corrected chi connectivity index (χ0v) is 14.0. The minimum Gasteiger partial charge on any atom is -0.330 e. The third-order valence-electron chi connectivity index (χ3n) is 2.74. The van der Waals surface area contributed by atoms with E-state index in [1.165, 1.54) is 18.2 Å². The van der Waals surface area contributed by atoms with E-state index in [1.54, 1.807) is 36.4 Å².